The number of hydrogen-bond donors (Lipinski definition) is 2. The summed E-state index contributed by atoms with van der Waals surface area (Å²) in [5.41, 5.74) is 1.53. The van der Waals surface area contributed by atoms with Crippen molar-refractivity contribution in [3.05, 3.63) is 78.2 Å². The van der Waals surface area contributed by atoms with Crippen molar-refractivity contribution >= 4 is 33.0 Å². The molecule has 0 bridgehead atoms. The summed E-state index contributed by atoms with van der Waals surface area (Å²) in [6, 6.07) is 14.6. The van der Waals surface area contributed by atoms with E-state index >= 15 is 0 Å². The number of rotatable bonds is 6. The number of sulfonamides is 1. The van der Waals surface area contributed by atoms with Gasteiger partial charge in [0.2, 0.25) is 0 Å². The third kappa shape index (κ3) is 4.68. The van der Waals surface area contributed by atoms with Gasteiger partial charge in [-0.3, -0.25) is 9.52 Å². The second-order valence-corrected chi connectivity index (χ2v) is 7.44. The van der Waals surface area contributed by atoms with E-state index in [1.54, 1.807) is 36.4 Å². The number of aromatic nitrogens is 1. The summed E-state index contributed by atoms with van der Waals surface area (Å²) in [5.74, 6) is -0.0718. The summed E-state index contributed by atoms with van der Waals surface area (Å²) in [4.78, 5) is 15.5. The van der Waals surface area contributed by atoms with Crippen molar-refractivity contribution in [2.24, 2.45) is 0 Å². The van der Waals surface area contributed by atoms with Crippen LogP contribution < -0.4 is 10.0 Å². The molecule has 0 amide bonds. The molecular weight excluding hydrogens is 369 g/mol. The number of halogens is 1. The SMILES string of the molecule is CC(=O)c1cccc(Nc2ccc(NS(=O)(=O)c3ccc(F)cc3)cn2)c1. The third-order valence-electron chi connectivity index (χ3n) is 3.68. The molecule has 8 heteroatoms. The number of hydrogen-bond acceptors (Lipinski definition) is 5. The van der Waals surface area contributed by atoms with Crippen molar-refractivity contribution in [3.8, 4) is 0 Å². The van der Waals surface area contributed by atoms with Gasteiger partial charge >= 0.3 is 0 Å². The molecule has 0 saturated heterocycles. The first-order valence-corrected chi connectivity index (χ1v) is 9.44. The molecule has 3 aromatic rings. The number of benzene rings is 2. The number of nitrogens with one attached hydrogen (secondary N) is 2. The van der Waals surface area contributed by atoms with Crippen molar-refractivity contribution < 1.29 is 17.6 Å². The predicted molar refractivity (Wildman–Crippen MR) is 101 cm³/mol. The molecule has 27 heavy (non-hydrogen) atoms. The zero-order valence-corrected chi connectivity index (χ0v) is 15.1. The van der Waals surface area contributed by atoms with Gasteiger partial charge in [-0.2, -0.15) is 0 Å². The van der Waals surface area contributed by atoms with Crippen LogP contribution in [0.3, 0.4) is 0 Å². The lowest BCUT2D eigenvalue weighted by atomic mass is 10.1. The highest BCUT2D eigenvalue weighted by Crippen LogP contribution is 2.20. The van der Waals surface area contributed by atoms with Crippen LogP contribution in [0.25, 0.3) is 0 Å². The molecule has 0 aliphatic rings. The molecule has 0 spiro atoms. The first kappa shape index (κ1) is 18.5. The van der Waals surface area contributed by atoms with Crippen molar-refractivity contribution in [1.82, 2.24) is 4.98 Å². The zero-order valence-electron chi connectivity index (χ0n) is 14.3. The van der Waals surface area contributed by atoms with Crippen LogP contribution in [-0.2, 0) is 10.0 Å². The number of carbonyl (C=O) groups excluding carboxylic acids is 1. The second kappa shape index (κ2) is 7.55. The molecule has 1 heterocycles. The zero-order chi connectivity index (χ0) is 19.4. The summed E-state index contributed by atoms with van der Waals surface area (Å²) in [5, 5.41) is 3.04. The highest BCUT2D eigenvalue weighted by Gasteiger charge is 2.14. The van der Waals surface area contributed by atoms with E-state index in [4.69, 9.17) is 0 Å². The van der Waals surface area contributed by atoms with Gasteiger partial charge in [0.15, 0.2) is 5.78 Å². The van der Waals surface area contributed by atoms with Crippen molar-refractivity contribution in [2.45, 2.75) is 11.8 Å². The van der Waals surface area contributed by atoms with E-state index < -0.39 is 15.8 Å². The van der Waals surface area contributed by atoms with Crippen molar-refractivity contribution in [2.75, 3.05) is 10.0 Å². The van der Waals surface area contributed by atoms with Gasteiger partial charge in [0.25, 0.3) is 10.0 Å². The first-order chi connectivity index (χ1) is 12.8. The quantitative estimate of drug-likeness (QED) is 0.627. The molecule has 0 fully saturated rings. The van der Waals surface area contributed by atoms with Gasteiger partial charge in [0.05, 0.1) is 16.8 Å². The summed E-state index contributed by atoms with van der Waals surface area (Å²) in [7, 11) is -3.83. The normalized spacial score (nSPS) is 11.0. The highest BCUT2D eigenvalue weighted by atomic mass is 32.2. The van der Waals surface area contributed by atoms with Gasteiger partial charge in [-0.15, -0.1) is 0 Å². The van der Waals surface area contributed by atoms with Crippen LogP contribution in [0.5, 0.6) is 0 Å². The van der Waals surface area contributed by atoms with Crippen LogP contribution in [0.1, 0.15) is 17.3 Å². The Balaban J connectivity index is 1.73. The molecule has 0 aliphatic heterocycles. The van der Waals surface area contributed by atoms with Gasteiger partial charge in [-0.05, 0) is 55.5 Å². The Kier molecular flexibility index (Phi) is 5.18. The molecule has 1 aromatic heterocycles. The largest absolute Gasteiger partial charge is 0.340 e. The van der Waals surface area contributed by atoms with E-state index in [0.717, 1.165) is 12.1 Å². The molecule has 3 rings (SSSR count). The Morgan fingerprint density at radius 2 is 1.74 bits per heavy atom. The van der Waals surface area contributed by atoms with Gasteiger partial charge in [-0.1, -0.05) is 12.1 Å². The number of anilines is 3. The van der Waals surface area contributed by atoms with Crippen LogP contribution in [-0.4, -0.2) is 19.2 Å². The third-order valence-corrected chi connectivity index (χ3v) is 5.08. The van der Waals surface area contributed by atoms with Crippen LogP contribution >= 0.6 is 0 Å². The maximum absolute atomic E-state index is 12.9. The van der Waals surface area contributed by atoms with Gasteiger partial charge in [0, 0.05) is 11.3 Å². The van der Waals surface area contributed by atoms with E-state index in [1.807, 2.05) is 0 Å². The monoisotopic (exact) mass is 385 g/mol. The number of Topliss-reactive ketones (excluding diaryl/α,β-unsaturated/α-hetero) is 1. The minimum absolute atomic E-state index is 0.0443. The molecule has 0 saturated carbocycles. The maximum Gasteiger partial charge on any atom is 0.261 e. The highest BCUT2D eigenvalue weighted by molar-refractivity contribution is 7.92. The Labute approximate surface area is 156 Å². The average Bonchev–Trinajstić information content (AvgIpc) is 2.64. The molecule has 2 aromatic carbocycles. The van der Waals surface area contributed by atoms with Crippen molar-refractivity contribution in [3.63, 3.8) is 0 Å². The van der Waals surface area contributed by atoms with Crippen LogP contribution in [0.15, 0.2) is 71.8 Å². The molecule has 0 unspecified atom stereocenters. The fourth-order valence-corrected chi connectivity index (χ4v) is 3.36. The lowest BCUT2D eigenvalue weighted by Crippen LogP contribution is -2.13. The average molecular weight is 385 g/mol. The Bertz CT molecular complexity index is 1070. The predicted octanol–water partition coefficient (Wildman–Crippen LogP) is 3.97. The Morgan fingerprint density at radius 3 is 2.37 bits per heavy atom. The molecule has 2 N–H and O–H groups in total. The van der Waals surface area contributed by atoms with E-state index in [0.29, 0.717) is 17.1 Å². The first-order valence-electron chi connectivity index (χ1n) is 7.96. The van der Waals surface area contributed by atoms with E-state index in [9.17, 15) is 17.6 Å². The molecule has 0 atom stereocenters. The van der Waals surface area contributed by atoms with Crippen molar-refractivity contribution in [1.29, 1.82) is 0 Å². The maximum atomic E-state index is 12.9. The molecular formula is C19H16FN3O3S. The fraction of sp³-hybridized carbons (Fsp3) is 0.0526. The van der Waals surface area contributed by atoms with Crippen LogP contribution in [0.2, 0.25) is 0 Å². The fourth-order valence-electron chi connectivity index (χ4n) is 2.32. The number of pyridine rings is 1. The number of carbonyl (C=O) groups is 1. The Hall–Kier alpha value is -3.26. The van der Waals surface area contributed by atoms with Crippen LogP contribution in [0.4, 0.5) is 21.6 Å². The summed E-state index contributed by atoms with van der Waals surface area (Å²) >= 11 is 0. The van der Waals surface area contributed by atoms with Gasteiger partial charge < -0.3 is 5.32 Å². The lowest BCUT2D eigenvalue weighted by molar-refractivity contribution is 0.101. The summed E-state index contributed by atoms with van der Waals surface area (Å²) in [6.45, 7) is 1.49. The number of nitrogens with zero attached hydrogens (tertiary/aromatic N) is 1. The van der Waals surface area contributed by atoms with E-state index in [1.165, 1.54) is 25.3 Å². The minimum atomic E-state index is -3.83. The molecule has 138 valence electrons. The lowest BCUT2D eigenvalue weighted by Gasteiger charge is -2.10. The van der Waals surface area contributed by atoms with E-state index in [2.05, 4.69) is 15.0 Å². The minimum Gasteiger partial charge on any atom is -0.340 e. The summed E-state index contributed by atoms with van der Waals surface area (Å²) < 4.78 is 39.9. The van der Waals surface area contributed by atoms with E-state index in [-0.39, 0.29) is 16.4 Å². The van der Waals surface area contributed by atoms with Gasteiger partial charge in [-0.25, -0.2) is 17.8 Å². The molecule has 0 aliphatic carbocycles. The van der Waals surface area contributed by atoms with Gasteiger partial charge in [0.1, 0.15) is 11.6 Å². The Morgan fingerprint density at radius 1 is 1.00 bits per heavy atom. The number of ketones is 1. The summed E-state index contributed by atoms with van der Waals surface area (Å²) in [6.07, 6.45) is 1.36. The molecule has 0 radical (unpaired) electrons. The second-order valence-electron chi connectivity index (χ2n) is 5.75. The topological polar surface area (TPSA) is 88.2 Å². The smallest absolute Gasteiger partial charge is 0.261 e. The standard InChI is InChI=1S/C19H16FN3O3S/c1-13(24)14-3-2-4-16(11-14)22-19-10-7-17(12-21-19)23-27(25,26)18-8-5-15(20)6-9-18/h2-12,23H,1H3,(H,21,22). The van der Waals surface area contributed by atoms with Crippen LogP contribution in [0, 0.1) is 5.82 Å². The molecule has 6 nitrogen and oxygen atoms in total.